The molecule has 2 aromatic rings. The Morgan fingerprint density at radius 2 is 2.44 bits per heavy atom. The van der Waals surface area contributed by atoms with Gasteiger partial charge >= 0.3 is 5.69 Å². The molecule has 10 nitrogen and oxygen atoms in total. The van der Waals surface area contributed by atoms with Crippen molar-refractivity contribution >= 4 is 11.6 Å². The Labute approximate surface area is 100 Å². The lowest BCUT2D eigenvalue weighted by molar-refractivity contribution is -0.385. The van der Waals surface area contributed by atoms with E-state index in [4.69, 9.17) is 0 Å². The highest BCUT2D eigenvalue weighted by Gasteiger charge is 2.11. The molecular formula is C8H9N7O3. The highest BCUT2D eigenvalue weighted by Crippen LogP contribution is 2.07. The summed E-state index contributed by atoms with van der Waals surface area (Å²) in [5, 5.41) is 22.9. The monoisotopic (exact) mass is 251 g/mol. The maximum Gasteiger partial charge on any atom is 0.307 e. The fourth-order valence-corrected chi connectivity index (χ4v) is 1.23. The molecule has 0 aliphatic carbocycles. The number of aromatic amines is 1. The van der Waals surface area contributed by atoms with Gasteiger partial charge in [0, 0.05) is 0 Å². The third-order valence-electron chi connectivity index (χ3n) is 2.05. The van der Waals surface area contributed by atoms with Crippen LogP contribution in [0.2, 0.25) is 0 Å². The molecule has 0 fully saturated rings. The van der Waals surface area contributed by atoms with Crippen LogP contribution in [0.3, 0.4) is 0 Å². The topological polar surface area (TPSA) is 132 Å². The molecule has 18 heavy (non-hydrogen) atoms. The van der Waals surface area contributed by atoms with Gasteiger partial charge in [-0.2, -0.15) is 10.2 Å². The van der Waals surface area contributed by atoms with Crippen LogP contribution in [-0.4, -0.2) is 35.8 Å². The molecule has 0 atom stereocenters. The summed E-state index contributed by atoms with van der Waals surface area (Å²) in [7, 11) is 0. The van der Waals surface area contributed by atoms with Crippen LogP contribution in [0.15, 0.2) is 18.7 Å². The number of hydrogen-bond donors (Lipinski definition) is 2. The lowest BCUT2D eigenvalue weighted by atomic mass is 10.5. The third kappa shape index (κ3) is 2.87. The van der Waals surface area contributed by atoms with Gasteiger partial charge < -0.3 is 5.32 Å². The van der Waals surface area contributed by atoms with Gasteiger partial charge in [-0.15, -0.1) is 0 Å². The van der Waals surface area contributed by atoms with Gasteiger partial charge in [0.25, 0.3) is 0 Å². The number of carbonyl (C=O) groups is 1. The van der Waals surface area contributed by atoms with Gasteiger partial charge in [0.05, 0.1) is 11.5 Å². The van der Waals surface area contributed by atoms with E-state index in [1.54, 1.807) is 0 Å². The van der Waals surface area contributed by atoms with E-state index >= 15 is 0 Å². The molecule has 2 N–H and O–H groups in total. The summed E-state index contributed by atoms with van der Waals surface area (Å²) in [6.45, 7) is 0.115. The Morgan fingerprint density at radius 3 is 3.06 bits per heavy atom. The lowest BCUT2D eigenvalue weighted by Crippen LogP contribution is -2.27. The van der Waals surface area contributed by atoms with Crippen LogP contribution in [0.5, 0.6) is 0 Å². The summed E-state index contributed by atoms with van der Waals surface area (Å²) < 4.78 is 1.19. The predicted octanol–water partition coefficient (Wildman–Crippen LogP) is -0.774. The normalized spacial score (nSPS) is 10.2. The first-order valence-corrected chi connectivity index (χ1v) is 4.93. The number of nitrogens with one attached hydrogen (secondary N) is 2. The van der Waals surface area contributed by atoms with Gasteiger partial charge in [0.1, 0.15) is 31.1 Å². The van der Waals surface area contributed by atoms with Crippen LogP contribution in [0.4, 0.5) is 5.69 Å². The van der Waals surface area contributed by atoms with Crippen LogP contribution in [0.25, 0.3) is 0 Å². The highest BCUT2D eigenvalue weighted by molar-refractivity contribution is 5.75. The number of aromatic nitrogens is 5. The van der Waals surface area contributed by atoms with E-state index < -0.39 is 4.92 Å². The Morgan fingerprint density at radius 1 is 1.61 bits per heavy atom. The molecule has 2 rings (SSSR count). The van der Waals surface area contributed by atoms with E-state index in [0.717, 1.165) is 6.20 Å². The molecule has 0 bridgehead atoms. The first kappa shape index (κ1) is 11.7. The van der Waals surface area contributed by atoms with Crippen LogP contribution in [0, 0.1) is 10.1 Å². The van der Waals surface area contributed by atoms with Crippen molar-refractivity contribution in [3.8, 4) is 0 Å². The second-order valence-corrected chi connectivity index (χ2v) is 3.36. The van der Waals surface area contributed by atoms with Gasteiger partial charge in [0.2, 0.25) is 5.91 Å². The van der Waals surface area contributed by atoms with E-state index in [2.05, 4.69) is 25.6 Å². The van der Waals surface area contributed by atoms with E-state index in [-0.39, 0.29) is 24.7 Å². The molecule has 2 aromatic heterocycles. The van der Waals surface area contributed by atoms with Gasteiger partial charge in [-0.1, -0.05) is 0 Å². The zero-order chi connectivity index (χ0) is 13.0. The number of carbonyl (C=O) groups excluding carboxylic acids is 1. The molecule has 0 unspecified atom stereocenters. The van der Waals surface area contributed by atoms with Crippen LogP contribution in [0.1, 0.15) is 5.82 Å². The predicted molar refractivity (Wildman–Crippen MR) is 57.1 cm³/mol. The van der Waals surface area contributed by atoms with Crippen molar-refractivity contribution in [2.75, 3.05) is 0 Å². The van der Waals surface area contributed by atoms with Crippen LogP contribution in [-0.2, 0) is 17.9 Å². The molecule has 0 saturated heterocycles. The molecule has 0 aliphatic heterocycles. The third-order valence-corrected chi connectivity index (χ3v) is 2.05. The Hall–Kier alpha value is -2.78. The van der Waals surface area contributed by atoms with Crippen molar-refractivity contribution in [2.24, 2.45) is 0 Å². The summed E-state index contributed by atoms with van der Waals surface area (Å²) >= 11 is 0. The summed E-state index contributed by atoms with van der Waals surface area (Å²) in [6.07, 6.45) is 3.61. The Balaban J connectivity index is 1.85. The minimum absolute atomic E-state index is 0.0953. The van der Waals surface area contributed by atoms with Crippen molar-refractivity contribution in [1.82, 2.24) is 30.3 Å². The number of nitro groups is 1. The van der Waals surface area contributed by atoms with E-state index in [9.17, 15) is 14.9 Å². The van der Waals surface area contributed by atoms with Gasteiger partial charge in [-0.05, 0) is 0 Å². The molecular weight excluding hydrogens is 242 g/mol. The molecule has 0 aromatic carbocycles. The molecule has 1 amide bonds. The molecule has 0 aliphatic rings. The zero-order valence-corrected chi connectivity index (χ0v) is 9.11. The van der Waals surface area contributed by atoms with Crippen LogP contribution < -0.4 is 5.32 Å². The maximum absolute atomic E-state index is 11.5. The van der Waals surface area contributed by atoms with E-state index in [0.29, 0.717) is 5.82 Å². The molecule has 10 heteroatoms. The molecule has 0 spiro atoms. The van der Waals surface area contributed by atoms with Crippen molar-refractivity contribution in [1.29, 1.82) is 0 Å². The number of hydrogen-bond acceptors (Lipinski definition) is 6. The Kier molecular flexibility index (Phi) is 3.27. The number of rotatable bonds is 5. The smallest absolute Gasteiger partial charge is 0.307 e. The quantitative estimate of drug-likeness (QED) is 0.529. The summed E-state index contributed by atoms with van der Waals surface area (Å²) in [5.41, 5.74) is -0.155. The van der Waals surface area contributed by atoms with Crippen molar-refractivity contribution < 1.29 is 9.72 Å². The van der Waals surface area contributed by atoms with Gasteiger partial charge in [-0.3, -0.25) is 24.7 Å². The first-order chi connectivity index (χ1) is 8.65. The number of amides is 1. The fourth-order valence-electron chi connectivity index (χ4n) is 1.23. The second-order valence-electron chi connectivity index (χ2n) is 3.36. The second kappa shape index (κ2) is 5.03. The zero-order valence-electron chi connectivity index (χ0n) is 9.11. The summed E-state index contributed by atoms with van der Waals surface area (Å²) in [4.78, 5) is 25.2. The molecule has 0 saturated carbocycles. The lowest BCUT2D eigenvalue weighted by Gasteiger charge is -2.02. The van der Waals surface area contributed by atoms with Crippen molar-refractivity contribution in [3.05, 3.63) is 34.7 Å². The van der Waals surface area contributed by atoms with Crippen molar-refractivity contribution in [2.45, 2.75) is 13.1 Å². The van der Waals surface area contributed by atoms with E-state index in [1.165, 1.54) is 17.2 Å². The molecule has 94 valence electrons. The maximum atomic E-state index is 11.5. The SMILES string of the molecule is O=C(Cn1cc([N+](=O)[O-])cn1)NCc1ncn[nH]1. The summed E-state index contributed by atoms with van der Waals surface area (Å²) in [5.74, 6) is 0.194. The van der Waals surface area contributed by atoms with E-state index in [1.807, 2.05) is 0 Å². The first-order valence-electron chi connectivity index (χ1n) is 4.93. The molecule has 2 heterocycles. The standard InChI is InChI=1S/C8H9N7O3/c16-8(9-2-7-10-5-11-13-7)4-14-3-6(1-12-14)15(17)18/h1,3,5H,2,4H2,(H,9,16)(H,10,11,13). The highest BCUT2D eigenvalue weighted by atomic mass is 16.6. The number of H-pyrrole nitrogens is 1. The minimum atomic E-state index is -0.573. The minimum Gasteiger partial charge on any atom is -0.347 e. The van der Waals surface area contributed by atoms with Gasteiger partial charge in [0.15, 0.2) is 0 Å². The largest absolute Gasteiger partial charge is 0.347 e. The van der Waals surface area contributed by atoms with Crippen LogP contribution >= 0.6 is 0 Å². The average molecular weight is 251 g/mol. The fraction of sp³-hybridized carbons (Fsp3) is 0.250. The molecule has 0 radical (unpaired) electrons. The average Bonchev–Trinajstić information content (AvgIpc) is 2.96. The Bertz CT molecular complexity index is 547. The number of nitrogens with zero attached hydrogens (tertiary/aromatic N) is 5. The summed E-state index contributed by atoms with van der Waals surface area (Å²) in [6, 6.07) is 0. The van der Waals surface area contributed by atoms with Crippen molar-refractivity contribution in [3.63, 3.8) is 0 Å². The van der Waals surface area contributed by atoms with Gasteiger partial charge in [-0.25, -0.2) is 4.98 Å².